The van der Waals surface area contributed by atoms with Crippen LogP contribution in [0, 0.1) is 0 Å². The van der Waals surface area contributed by atoms with Gasteiger partial charge in [0.2, 0.25) is 5.91 Å². The monoisotopic (exact) mass is 886 g/mol. The number of rotatable bonds is 50. The molecule has 6 heteroatoms. The molecule has 3 atom stereocenters. The molecule has 1 amide bonds. The van der Waals surface area contributed by atoms with Gasteiger partial charge in [0.05, 0.1) is 25.2 Å². The molecule has 0 fully saturated rings. The van der Waals surface area contributed by atoms with E-state index in [9.17, 15) is 19.8 Å². The molecular weight excluding hydrogens is 779 g/mol. The first kappa shape index (κ1) is 61.1. The van der Waals surface area contributed by atoms with Gasteiger partial charge in [-0.2, -0.15) is 0 Å². The van der Waals surface area contributed by atoms with Crippen molar-refractivity contribution >= 4 is 11.9 Å². The van der Waals surface area contributed by atoms with Crippen LogP contribution in [0.1, 0.15) is 290 Å². The smallest absolute Gasteiger partial charge is 0.306 e. The Bertz CT molecular complexity index is 1040. The summed E-state index contributed by atoms with van der Waals surface area (Å²) in [5.74, 6) is -0.500. The molecule has 370 valence electrons. The fourth-order valence-electron chi connectivity index (χ4n) is 8.46. The van der Waals surface area contributed by atoms with Crippen LogP contribution >= 0.6 is 0 Å². The number of aliphatic hydroxyl groups is 2. The highest BCUT2D eigenvalue weighted by Crippen LogP contribution is 2.18. The number of nitrogens with one attached hydrogen (secondary N) is 1. The number of unbranched alkanes of at least 4 members (excludes halogenated alkanes) is 33. The summed E-state index contributed by atoms with van der Waals surface area (Å²) in [5.41, 5.74) is 0. The number of allylic oxidation sites excluding steroid dienone is 6. The molecule has 3 N–H and O–H groups in total. The van der Waals surface area contributed by atoms with Crippen LogP contribution in [-0.4, -0.2) is 46.9 Å². The standard InChI is InChI=1S/C57H107NO5/c1-4-7-10-13-16-19-21-23-25-27-29-31-33-35-38-41-44-47-50-57(62)63-53(48-45-42-39-36-18-15-12-9-6-3)51-56(61)58-54(52-59)55(60)49-46-43-40-37-34-32-30-28-26-24-22-20-17-14-11-8-5-2/h15,18,25,27,29,31,53-55,59-60H,4-14,16-17,19-24,26,28,30,32-52H2,1-3H3,(H,58,61)/b18-15-,27-25+,31-29+. The Morgan fingerprint density at radius 2 is 0.825 bits per heavy atom. The van der Waals surface area contributed by atoms with Crippen LogP contribution in [0.25, 0.3) is 0 Å². The van der Waals surface area contributed by atoms with Gasteiger partial charge in [0.15, 0.2) is 0 Å². The number of ether oxygens (including phenoxy) is 1. The van der Waals surface area contributed by atoms with Crippen molar-refractivity contribution in [2.75, 3.05) is 6.61 Å². The second kappa shape index (κ2) is 51.1. The lowest BCUT2D eigenvalue weighted by atomic mass is 10.0. The Hall–Kier alpha value is -1.92. The first-order valence-electron chi connectivity index (χ1n) is 27.7. The van der Waals surface area contributed by atoms with Crippen LogP contribution < -0.4 is 5.32 Å². The SMILES string of the molecule is CCCC/C=C\CCCCCC(CC(=O)NC(CO)C(O)CCCCCCCCCCCCCCCCCCC)OC(=O)CCCCCCC/C=C/C=C/CCCCCCCCC. The second-order valence-electron chi connectivity index (χ2n) is 19.0. The van der Waals surface area contributed by atoms with Crippen LogP contribution in [0.3, 0.4) is 0 Å². The zero-order valence-corrected chi connectivity index (χ0v) is 42.2. The molecule has 0 radical (unpaired) electrons. The van der Waals surface area contributed by atoms with Gasteiger partial charge >= 0.3 is 5.97 Å². The highest BCUT2D eigenvalue weighted by molar-refractivity contribution is 5.77. The summed E-state index contributed by atoms with van der Waals surface area (Å²) in [5, 5.41) is 23.8. The summed E-state index contributed by atoms with van der Waals surface area (Å²) in [6.45, 7) is 6.45. The van der Waals surface area contributed by atoms with E-state index in [0.717, 1.165) is 83.5 Å². The van der Waals surface area contributed by atoms with Gasteiger partial charge in [0.1, 0.15) is 6.10 Å². The van der Waals surface area contributed by atoms with Crippen molar-refractivity contribution in [3.63, 3.8) is 0 Å². The average Bonchev–Trinajstić information content (AvgIpc) is 3.28. The Morgan fingerprint density at radius 1 is 0.460 bits per heavy atom. The Morgan fingerprint density at radius 3 is 1.29 bits per heavy atom. The number of carbonyl (C=O) groups is 2. The lowest BCUT2D eigenvalue weighted by molar-refractivity contribution is -0.151. The molecule has 6 nitrogen and oxygen atoms in total. The topological polar surface area (TPSA) is 95.9 Å². The minimum absolute atomic E-state index is 0.0623. The van der Waals surface area contributed by atoms with Gasteiger partial charge in [-0.05, 0) is 70.6 Å². The van der Waals surface area contributed by atoms with Gasteiger partial charge in [-0.25, -0.2) is 0 Å². The Balaban J connectivity index is 4.41. The van der Waals surface area contributed by atoms with Gasteiger partial charge in [-0.1, -0.05) is 243 Å². The minimum atomic E-state index is -0.793. The van der Waals surface area contributed by atoms with E-state index in [4.69, 9.17) is 4.74 Å². The third-order valence-electron chi connectivity index (χ3n) is 12.7. The van der Waals surface area contributed by atoms with E-state index in [1.165, 1.54) is 161 Å². The molecule has 63 heavy (non-hydrogen) atoms. The van der Waals surface area contributed by atoms with E-state index < -0.39 is 18.2 Å². The van der Waals surface area contributed by atoms with Gasteiger partial charge in [-0.15, -0.1) is 0 Å². The van der Waals surface area contributed by atoms with Crippen molar-refractivity contribution in [2.24, 2.45) is 0 Å². The first-order chi connectivity index (χ1) is 31.0. The molecule has 0 aromatic rings. The summed E-state index contributed by atoms with van der Waals surface area (Å²) in [4.78, 5) is 26.1. The van der Waals surface area contributed by atoms with Gasteiger partial charge in [0.25, 0.3) is 0 Å². The molecule has 0 rings (SSSR count). The number of hydrogen-bond acceptors (Lipinski definition) is 5. The van der Waals surface area contributed by atoms with E-state index >= 15 is 0 Å². The molecule has 3 unspecified atom stereocenters. The van der Waals surface area contributed by atoms with Crippen LogP contribution in [0.4, 0.5) is 0 Å². The summed E-state index contributed by atoms with van der Waals surface area (Å²) in [6, 6.07) is -0.707. The lowest BCUT2D eigenvalue weighted by Crippen LogP contribution is -2.46. The molecule has 0 spiro atoms. The van der Waals surface area contributed by atoms with Gasteiger partial charge < -0.3 is 20.3 Å². The average molecular weight is 886 g/mol. The van der Waals surface area contributed by atoms with Crippen molar-refractivity contribution < 1.29 is 24.5 Å². The number of hydrogen-bond donors (Lipinski definition) is 3. The molecule has 0 aromatic heterocycles. The normalized spacial score (nSPS) is 13.4. The van der Waals surface area contributed by atoms with Gasteiger partial charge in [0, 0.05) is 6.42 Å². The maximum atomic E-state index is 13.2. The molecule has 0 aliphatic rings. The van der Waals surface area contributed by atoms with Crippen molar-refractivity contribution in [1.29, 1.82) is 0 Å². The predicted octanol–water partition coefficient (Wildman–Crippen LogP) is 16.8. The molecule has 0 bridgehead atoms. The largest absolute Gasteiger partial charge is 0.462 e. The predicted molar refractivity (Wildman–Crippen MR) is 273 cm³/mol. The number of esters is 1. The zero-order chi connectivity index (χ0) is 45.9. The van der Waals surface area contributed by atoms with Crippen molar-refractivity contribution in [3.8, 4) is 0 Å². The van der Waals surface area contributed by atoms with Gasteiger partial charge in [-0.3, -0.25) is 9.59 Å². The number of amides is 1. The van der Waals surface area contributed by atoms with E-state index in [-0.39, 0.29) is 24.9 Å². The van der Waals surface area contributed by atoms with Crippen molar-refractivity contribution in [3.05, 3.63) is 36.5 Å². The minimum Gasteiger partial charge on any atom is -0.462 e. The van der Waals surface area contributed by atoms with E-state index in [0.29, 0.717) is 19.3 Å². The summed E-state index contributed by atoms with van der Waals surface area (Å²) in [6.07, 6.45) is 60.7. The van der Waals surface area contributed by atoms with Crippen LogP contribution in [0.15, 0.2) is 36.5 Å². The van der Waals surface area contributed by atoms with Crippen LogP contribution in [-0.2, 0) is 14.3 Å². The maximum absolute atomic E-state index is 13.2. The van der Waals surface area contributed by atoms with E-state index in [1.807, 2.05) is 0 Å². The summed E-state index contributed by atoms with van der Waals surface area (Å²) in [7, 11) is 0. The fraction of sp³-hybridized carbons (Fsp3) is 0.860. The summed E-state index contributed by atoms with van der Waals surface area (Å²) >= 11 is 0. The molecule has 0 saturated carbocycles. The van der Waals surface area contributed by atoms with E-state index in [2.05, 4.69) is 62.5 Å². The van der Waals surface area contributed by atoms with E-state index in [1.54, 1.807) is 0 Å². The molecular formula is C57H107NO5. The lowest BCUT2D eigenvalue weighted by Gasteiger charge is -2.24. The molecule has 0 aromatic carbocycles. The highest BCUT2D eigenvalue weighted by atomic mass is 16.5. The third-order valence-corrected chi connectivity index (χ3v) is 12.7. The highest BCUT2D eigenvalue weighted by Gasteiger charge is 2.24. The Labute approximate surface area is 392 Å². The van der Waals surface area contributed by atoms with Crippen LogP contribution in [0.5, 0.6) is 0 Å². The molecule has 0 aliphatic carbocycles. The van der Waals surface area contributed by atoms with Crippen molar-refractivity contribution in [2.45, 2.75) is 309 Å². The number of aliphatic hydroxyl groups excluding tert-OH is 2. The molecule has 0 aliphatic heterocycles. The first-order valence-corrected chi connectivity index (χ1v) is 27.7. The molecule has 0 saturated heterocycles. The Kier molecular flexibility index (Phi) is 49.5. The van der Waals surface area contributed by atoms with Crippen molar-refractivity contribution in [1.82, 2.24) is 5.32 Å². The fourth-order valence-corrected chi connectivity index (χ4v) is 8.46. The quantitative estimate of drug-likeness (QED) is 0.0245. The second-order valence-corrected chi connectivity index (χ2v) is 19.0. The zero-order valence-electron chi connectivity index (χ0n) is 42.2. The molecule has 0 heterocycles. The summed E-state index contributed by atoms with van der Waals surface area (Å²) < 4.78 is 5.91. The number of carbonyl (C=O) groups excluding carboxylic acids is 2. The third kappa shape index (κ3) is 46.4. The maximum Gasteiger partial charge on any atom is 0.306 e. The van der Waals surface area contributed by atoms with Crippen LogP contribution in [0.2, 0.25) is 0 Å².